The van der Waals surface area contributed by atoms with Crippen molar-refractivity contribution in [1.29, 1.82) is 0 Å². The summed E-state index contributed by atoms with van der Waals surface area (Å²) in [5.74, 6) is 1.17. The van der Waals surface area contributed by atoms with E-state index in [1.807, 2.05) is 11.8 Å². The van der Waals surface area contributed by atoms with Gasteiger partial charge in [0.15, 0.2) is 5.11 Å². The molecule has 1 atom stereocenters. The molecular formula is C10H22N2OS2. The molecule has 0 spiro atoms. The average molecular weight is 250 g/mol. The van der Waals surface area contributed by atoms with E-state index < -0.39 is 0 Å². The molecule has 1 unspecified atom stereocenters. The van der Waals surface area contributed by atoms with Gasteiger partial charge in [-0.2, -0.15) is 11.8 Å². The van der Waals surface area contributed by atoms with Crippen molar-refractivity contribution in [3.8, 4) is 0 Å². The summed E-state index contributed by atoms with van der Waals surface area (Å²) in [6.45, 7) is 3.80. The van der Waals surface area contributed by atoms with Gasteiger partial charge in [0.05, 0.1) is 0 Å². The summed E-state index contributed by atoms with van der Waals surface area (Å²) in [5.41, 5.74) is 0. The van der Waals surface area contributed by atoms with Crippen molar-refractivity contribution in [2.75, 3.05) is 32.3 Å². The van der Waals surface area contributed by atoms with E-state index in [4.69, 9.17) is 17.0 Å². The van der Waals surface area contributed by atoms with Crippen molar-refractivity contribution in [2.45, 2.75) is 25.8 Å². The van der Waals surface area contributed by atoms with Gasteiger partial charge in [-0.15, -0.1) is 0 Å². The van der Waals surface area contributed by atoms with E-state index in [-0.39, 0.29) is 0 Å². The third kappa shape index (κ3) is 10.3. The quantitative estimate of drug-likeness (QED) is 0.505. The minimum atomic E-state index is 0.444. The number of thiocarbonyl (C=S) groups is 1. The third-order valence-electron chi connectivity index (χ3n) is 1.94. The molecule has 0 rings (SSSR count). The fraction of sp³-hybridized carbons (Fsp3) is 0.900. The minimum Gasteiger partial charge on any atom is -0.385 e. The fourth-order valence-corrected chi connectivity index (χ4v) is 1.95. The summed E-state index contributed by atoms with van der Waals surface area (Å²) in [6.07, 6.45) is 4.24. The molecule has 0 aromatic carbocycles. The smallest absolute Gasteiger partial charge is 0.166 e. The van der Waals surface area contributed by atoms with E-state index in [2.05, 4.69) is 23.8 Å². The van der Waals surface area contributed by atoms with Gasteiger partial charge in [-0.25, -0.2) is 0 Å². The molecule has 0 saturated carbocycles. The normalized spacial score (nSPS) is 12.2. The van der Waals surface area contributed by atoms with Crippen molar-refractivity contribution in [1.82, 2.24) is 10.6 Å². The second-order valence-corrected chi connectivity index (χ2v) is 4.82. The molecule has 90 valence electrons. The number of nitrogens with one attached hydrogen (secondary N) is 2. The summed E-state index contributed by atoms with van der Waals surface area (Å²) in [7, 11) is 1.71. The van der Waals surface area contributed by atoms with Crippen LogP contribution < -0.4 is 10.6 Å². The molecule has 15 heavy (non-hydrogen) atoms. The van der Waals surface area contributed by atoms with E-state index in [0.29, 0.717) is 6.04 Å². The number of hydrogen-bond donors (Lipinski definition) is 2. The molecular weight excluding hydrogens is 228 g/mol. The highest BCUT2D eigenvalue weighted by molar-refractivity contribution is 7.98. The van der Waals surface area contributed by atoms with Gasteiger partial charge in [0.1, 0.15) is 0 Å². The first-order chi connectivity index (χ1) is 7.20. The van der Waals surface area contributed by atoms with Crippen molar-refractivity contribution >= 4 is 29.1 Å². The maximum absolute atomic E-state index is 5.16. The Morgan fingerprint density at radius 3 is 2.87 bits per heavy atom. The molecule has 0 saturated heterocycles. The van der Waals surface area contributed by atoms with Crippen LogP contribution in [0.5, 0.6) is 0 Å². The van der Waals surface area contributed by atoms with Crippen LogP contribution in [0.1, 0.15) is 19.8 Å². The van der Waals surface area contributed by atoms with Gasteiger partial charge >= 0.3 is 0 Å². The molecule has 0 aliphatic heterocycles. The van der Waals surface area contributed by atoms with E-state index >= 15 is 0 Å². The molecule has 0 aromatic rings. The lowest BCUT2D eigenvalue weighted by atomic mass is 10.3. The van der Waals surface area contributed by atoms with Gasteiger partial charge in [0.2, 0.25) is 0 Å². The van der Waals surface area contributed by atoms with Crippen LogP contribution in [0.15, 0.2) is 0 Å². The van der Waals surface area contributed by atoms with Crippen LogP contribution >= 0.6 is 24.0 Å². The summed E-state index contributed by atoms with van der Waals surface area (Å²) >= 11 is 7.02. The summed E-state index contributed by atoms with van der Waals surface area (Å²) in [4.78, 5) is 0. The van der Waals surface area contributed by atoms with Crippen LogP contribution in [-0.4, -0.2) is 43.4 Å². The number of ether oxygens (including phenoxy) is 1. The number of methoxy groups -OCH3 is 1. The van der Waals surface area contributed by atoms with Crippen molar-refractivity contribution < 1.29 is 4.74 Å². The molecule has 0 aromatic heterocycles. The average Bonchev–Trinajstić information content (AvgIpc) is 2.21. The highest BCUT2D eigenvalue weighted by atomic mass is 32.2. The van der Waals surface area contributed by atoms with Gasteiger partial charge < -0.3 is 15.4 Å². The predicted octanol–water partition coefficient (Wildman–Crippen LogP) is 1.63. The number of rotatable bonds is 8. The molecule has 0 radical (unpaired) electrons. The summed E-state index contributed by atoms with van der Waals surface area (Å²) < 4.78 is 4.95. The second-order valence-electron chi connectivity index (χ2n) is 3.43. The molecule has 0 heterocycles. The van der Waals surface area contributed by atoms with Crippen LogP contribution in [0.25, 0.3) is 0 Å². The lowest BCUT2D eigenvalue weighted by Gasteiger charge is -2.16. The molecule has 0 fully saturated rings. The standard InChI is InChI=1S/C10H22N2OS2/c1-9(5-8-15-3)12-10(14)11-6-4-7-13-2/h9H,4-8H2,1-3H3,(H2,11,12,14). The largest absolute Gasteiger partial charge is 0.385 e. The van der Waals surface area contributed by atoms with E-state index in [1.54, 1.807) is 7.11 Å². The number of thioether (sulfide) groups is 1. The van der Waals surface area contributed by atoms with Gasteiger partial charge in [0.25, 0.3) is 0 Å². The lowest BCUT2D eigenvalue weighted by Crippen LogP contribution is -2.41. The second kappa shape index (κ2) is 10.5. The molecule has 0 amide bonds. The molecule has 0 aliphatic carbocycles. The first-order valence-electron chi connectivity index (χ1n) is 5.23. The molecule has 2 N–H and O–H groups in total. The molecule has 0 bridgehead atoms. The Morgan fingerprint density at radius 2 is 2.27 bits per heavy atom. The van der Waals surface area contributed by atoms with Gasteiger partial charge in [0, 0.05) is 26.3 Å². The zero-order valence-electron chi connectivity index (χ0n) is 9.84. The minimum absolute atomic E-state index is 0.444. The van der Waals surface area contributed by atoms with Crippen LogP contribution in [0.4, 0.5) is 0 Å². The Labute approximate surface area is 103 Å². The van der Waals surface area contributed by atoms with Crippen molar-refractivity contribution in [3.63, 3.8) is 0 Å². The lowest BCUT2D eigenvalue weighted by molar-refractivity contribution is 0.195. The summed E-state index contributed by atoms with van der Waals surface area (Å²) in [5, 5.41) is 7.17. The van der Waals surface area contributed by atoms with Gasteiger partial charge in [-0.05, 0) is 44.0 Å². The monoisotopic (exact) mass is 250 g/mol. The Morgan fingerprint density at radius 1 is 1.53 bits per heavy atom. The maximum atomic E-state index is 5.16. The fourth-order valence-electron chi connectivity index (χ4n) is 1.06. The van der Waals surface area contributed by atoms with Crippen molar-refractivity contribution in [2.24, 2.45) is 0 Å². The summed E-state index contributed by atoms with van der Waals surface area (Å²) in [6, 6.07) is 0.444. The zero-order valence-corrected chi connectivity index (χ0v) is 11.5. The van der Waals surface area contributed by atoms with E-state index in [9.17, 15) is 0 Å². The van der Waals surface area contributed by atoms with Crippen LogP contribution in [0, 0.1) is 0 Å². The van der Waals surface area contributed by atoms with Crippen molar-refractivity contribution in [3.05, 3.63) is 0 Å². The van der Waals surface area contributed by atoms with E-state index in [0.717, 1.165) is 31.1 Å². The molecule has 3 nitrogen and oxygen atoms in total. The Hall–Kier alpha value is 0. The third-order valence-corrected chi connectivity index (χ3v) is 2.85. The Bertz CT molecular complexity index is 168. The molecule has 5 heteroatoms. The van der Waals surface area contributed by atoms with Crippen LogP contribution in [0.3, 0.4) is 0 Å². The SMILES string of the molecule is COCCCNC(=S)NC(C)CCSC. The number of hydrogen-bond acceptors (Lipinski definition) is 3. The maximum Gasteiger partial charge on any atom is 0.166 e. The highest BCUT2D eigenvalue weighted by Gasteiger charge is 2.02. The predicted molar refractivity (Wildman–Crippen MR) is 72.7 cm³/mol. The van der Waals surface area contributed by atoms with Gasteiger partial charge in [-0.3, -0.25) is 0 Å². The first-order valence-corrected chi connectivity index (χ1v) is 7.03. The van der Waals surface area contributed by atoms with Crippen LogP contribution in [0.2, 0.25) is 0 Å². The Kier molecular flexibility index (Phi) is 10.5. The zero-order chi connectivity index (χ0) is 11.5. The van der Waals surface area contributed by atoms with E-state index in [1.165, 1.54) is 5.75 Å². The Balaban J connectivity index is 3.38. The van der Waals surface area contributed by atoms with Crippen LogP contribution in [-0.2, 0) is 4.74 Å². The topological polar surface area (TPSA) is 33.3 Å². The first kappa shape index (κ1) is 15.0. The van der Waals surface area contributed by atoms with Gasteiger partial charge in [-0.1, -0.05) is 0 Å². The highest BCUT2D eigenvalue weighted by Crippen LogP contribution is 1.99. The molecule has 0 aliphatic rings.